The highest BCUT2D eigenvalue weighted by Gasteiger charge is 2.35. The van der Waals surface area contributed by atoms with Crippen LogP contribution in [0.15, 0.2) is 0 Å². The van der Waals surface area contributed by atoms with Gasteiger partial charge < -0.3 is 5.32 Å². The maximum Gasteiger partial charge on any atom is 0.0223 e. The summed E-state index contributed by atoms with van der Waals surface area (Å²) in [5.41, 5.74) is 0. The van der Waals surface area contributed by atoms with E-state index in [4.69, 9.17) is 0 Å². The molecule has 3 fully saturated rings. The summed E-state index contributed by atoms with van der Waals surface area (Å²) >= 11 is 0. The molecule has 3 rings (SSSR count). The van der Waals surface area contributed by atoms with Crippen molar-refractivity contribution >= 4 is 0 Å². The number of hydrogen-bond acceptors (Lipinski definition) is 3. The Hall–Kier alpha value is -0.120. The Balaban J connectivity index is 1.40. The number of nitrogens with zero attached hydrogens (tertiary/aromatic N) is 2. The Morgan fingerprint density at radius 2 is 1.89 bits per heavy atom. The molecule has 1 N–H and O–H groups in total. The molecule has 3 atom stereocenters. The van der Waals surface area contributed by atoms with Crippen molar-refractivity contribution in [3.05, 3.63) is 0 Å². The Labute approximate surface area is 118 Å². The van der Waals surface area contributed by atoms with Crippen LogP contribution in [0.4, 0.5) is 0 Å². The van der Waals surface area contributed by atoms with Gasteiger partial charge in [0.15, 0.2) is 0 Å². The fourth-order valence-corrected chi connectivity index (χ4v) is 3.91. The van der Waals surface area contributed by atoms with Crippen molar-refractivity contribution in [1.82, 2.24) is 15.1 Å². The fraction of sp³-hybridized carbons (Fsp3) is 1.00. The summed E-state index contributed by atoms with van der Waals surface area (Å²) in [6, 6.07) is 3.35. The smallest absolute Gasteiger partial charge is 0.0223 e. The Bertz CT molecular complexity index is 290. The second-order valence-corrected chi connectivity index (χ2v) is 7.05. The lowest BCUT2D eigenvalue weighted by Crippen LogP contribution is -2.41. The van der Waals surface area contributed by atoms with Crippen LogP contribution < -0.4 is 5.32 Å². The third-order valence-electron chi connectivity index (χ3n) is 5.61. The summed E-state index contributed by atoms with van der Waals surface area (Å²) < 4.78 is 0. The summed E-state index contributed by atoms with van der Waals surface area (Å²) in [5, 5.41) is 3.63. The van der Waals surface area contributed by atoms with Gasteiger partial charge in [0, 0.05) is 30.7 Å². The van der Waals surface area contributed by atoms with Crippen LogP contribution in [0, 0.1) is 0 Å². The summed E-state index contributed by atoms with van der Waals surface area (Å²) in [4.78, 5) is 5.42. The van der Waals surface area contributed by atoms with Crippen LogP contribution in [0.25, 0.3) is 0 Å². The van der Waals surface area contributed by atoms with Crippen molar-refractivity contribution in [2.45, 2.75) is 76.0 Å². The highest BCUT2D eigenvalue weighted by molar-refractivity contribution is 4.92. The molecule has 1 aliphatic carbocycles. The van der Waals surface area contributed by atoms with Gasteiger partial charge in [0.1, 0.15) is 0 Å². The third-order valence-corrected chi connectivity index (χ3v) is 5.61. The highest BCUT2D eigenvalue weighted by Crippen LogP contribution is 2.29. The zero-order chi connectivity index (χ0) is 13.2. The molecule has 3 heteroatoms. The van der Waals surface area contributed by atoms with Crippen molar-refractivity contribution in [2.75, 3.05) is 26.7 Å². The minimum absolute atomic E-state index is 0.772. The van der Waals surface area contributed by atoms with Gasteiger partial charge >= 0.3 is 0 Å². The van der Waals surface area contributed by atoms with Crippen LogP contribution in [0.2, 0.25) is 0 Å². The van der Waals surface area contributed by atoms with Gasteiger partial charge in [0.25, 0.3) is 0 Å². The minimum atomic E-state index is 0.772. The second-order valence-electron chi connectivity index (χ2n) is 7.05. The zero-order valence-electron chi connectivity index (χ0n) is 12.8. The normalized spacial score (nSPS) is 34.4. The molecule has 0 aromatic heterocycles. The van der Waals surface area contributed by atoms with Gasteiger partial charge in [-0.2, -0.15) is 0 Å². The second kappa shape index (κ2) is 6.11. The third kappa shape index (κ3) is 3.50. The first kappa shape index (κ1) is 13.8. The number of nitrogens with one attached hydrogen (secondary N) is 1. The maximum atomic E-state index is 3.63. The van der Waals surface area contributed by atoms with E-state index >= 15 is 0 Å². The number of likely N-dealkylation sites (N-methyl/N-ethyl adjacent to an activating group) is 1. The lowest BCUT2D eigenvalue weighted by Gasteiger charge is -2.31. The number of hydrogen-bond donors (Lipinski definition) is 1. The average molecular weight is 265 g/mol. The molecule has 0 spiro atoms. The van der Waals surface area contributed by atoms with Crippen molar-refractivity contribution in [3.8, 4) is 0 Å². The lowest BCUT2D eigenvalue weighted by atomic mass is 10.1. The monoisotopic (exact) mass is 265 g/mol. The van der Waals surface area contributed by atoms with Crippen molar-refractivity contribution in [3.63, 3.8) is 0 Å². The maximum absolute atomic E-state index is 3.63. The van der Waals surface area contributed by atoms with Gasteiger partial charge in [-0.25, -0.2) is 0 Å². The average Bonchev–Trinajstić information content (AvgIpc) is 3.14. The van der Waals surface area contributed by atoms with E-state index in [0.29, 0.717) is 0 Å². The predicted octanol–water partition coefficient (Wildman–Crippen LogP) is 2.08. The van der Waals surface area contributed by atoms with E-state index in [1.807, 2.05) is 0 Å². The van der Waals surface area contributed by atoms with Gasteiger partial charge in [-0.1, -0.05) is 0 Å². The van der Waals surface area contributed by atoms with Crippen LogP contribution in [0.3, 0.4) is 0 Å². The molecule has 0 amide bonds. The topological polar surface area (TPSA) is 18.5 Å². The number of likely N-dealkylation sites (tertiary alicyclic amines) is 1. The molecule has 2 aliphatic heterocycles. The molecule has 0 radical (unpaired) electrons. The largest absolute Gasteiger partial charge is 0.314 e. The van der Waals surface area contributed by atoms with E-state index in [9.17, 15) is 0 Å². The Kier molecular flexibility index (Phi) is 4.45. The first-order valence-corrected chi connectivity index (χ1v) is 8.43. The molecule has 3 aliphatic rings. The van der Waals surface area contributed by atoms with Crippen LogP contribution in [0.1, 0.15) is 51.9 Å². The van der Waals surface area contributed by atoms with Gasteiger partial charge in [-0.05, 0) is 72.0 Å². The predicted molar refractivity (Wildman–Crippen MR) is 80.5 cm³/mol. The fourth-order valence-electron chi connectivity index (χ4n) is 3.91. The van der Waals surface area contributed by atoms with Crippen LogP contribution in [-0.4, -0.2) is 60.6 Å². The van der Waals surface area contributed by atoms with Gasteiger partial charge in [0.2, 0.25) is 0 Å². The standard InChI is InChI=1S/C16H31N3/c1-13(4-3-10-17-14-5-6-14)19-11-9-15-7-8-16(12-19)18(15)2/h13-17H,3-12H2,1-2H3. The molecule has 19 heavy (non-hydrogen) atoms. The van der Waals surface area contributed by atoms with E-state index in [1.165, 1.54) is 64.6 Å². The van der Waals surface area contributed by atoms with E-state index in [1.54, 1.807) is 0 Å². The Morgan fingerprint density at radius 1 is 1.11 bits per heavy atom. The highest BCUT2D eigenvalue weighted by atomic mass is 15.3. The summed E-state index contributed by atoms with van der Waals surface area (Å²) in [6.45, 7) is 6.30. The first-order chi connectivity index (χ1) is 9.24. The molecular weight excluding hydrogens is 234 g/mol. The molecule has 3 unspecified atom stereocenters. The van der Waals surface area contributed by atoms with Crippen molar-refractivity contribution < 1.29 is 0 Å². The van der Waals surface area contributed by atoms with E-state index in [-0.39, 0.29) is 0 Å². The summed E-state index contributed by atoms with van der Waals surface area (Å²) in [5.74, 6) is 0. The summed E-state index contributed by atoms with van der Waals surface area (Å²) in [7, 11) is 2.34. The van der Waals surface area contributed by atoms with Crippen LogP contribution in [-0.2, 0) is 0 Å². The molecule has 110 valence electrons. The van der Waals surface area contributed by atoms with Crippen molar-refractivity contribution in [2.24, 2.45) is 0 Å². The van der Waals surface area contributed by atoms with Crippen molar-refractivity contribution in [1.29, 1.82) is 0 Å². The quantitative estimate of drug-likeness (QED) is 0.742. The molecule has 1 saturated carbocycles. The molecular formula is C16H31N3. The molecule has 0 aromatic rings. The van der Waals surface area contributed by atoms with Gasteiger partial charge in [-0.15, -0.1) is 0 Å². The lowest BCUT2D eigenvalue weighted by molar-refractivity contribution is 0.172. The minimum Gasteiger partial charge on any atom is -0.314 e. The van der Waals surface area contributed by atoms with Crippen LogP contribution >= 0.6 is 0 Å². The molecule has 2 heterocycles. The first-order valence-electron chi connectivity index (χ1n) is 8.43. The van der Waals surface area contributed by atoms with E-state index in [2.05, 4.69) is 29.1 Å². The molecule has 2 bridgehead atoms. The summed E-state index contributed by atoms with van der Waals surface area (Å²) in [6.07, 6.45) is 9.78. The van der Waals surface area contributed by atoms with E-state index < -0.39 is 0 Å². The van der Waals surface area contributed by atoms with E-state index in [0.717, 1.165) is 24.2 Å². The Morgan fingerprint density at radius 3 is 2.68 bits per heavy atom. The number of rotatable bonds is 6. The zero-order valence-corrected chi connectivity index (χ0v) is 12.8. The SMILES string of the molecule is CC(CCCNC1CC1)N1CCC2CCC(C1)N2C. The van der Waals surface area contributed by atoms with Gasteiger partial charge in [-0.3, -0.25) is 9.80 Å². The molecule has 0 aromatic carbocycles. The molecule has 2 saturated heterocycles. The van der Waals surface area contributed by atoms with Crippen LogP contribution in [0.5, 0.6) is 0 Å². The number of fused-ring (bicyclic) bond motifs is 2. The molecule has 3 nitrogen and oxygen atoms in total. The van der Waals surface area contributed by atoms with Gasteiger partial charge in [0.05, 0.1) is 0 Å².